The third-order valence-corrected chi connectivity index (χ3v) is 4.08. The van der Waals surface area contributed by atoms with Crippen molar-refractivity contribution in [2.75, 3.05) is 5.32 Å². The summed E-state index contributed by atoms with van der Waals surface area (Å²) in [5, 5.41) is 5.92. The fraction of sp³-hybridized carbons (Fsp3) is 0.143. The van der Waals surface area contributed by atoms with Crippen molar-refractivity contribution in [2.45, 2.75) is 20.4 Å². The minimum atomic E-state index is -0.355. The van der Waals surface area contributed by atoms with Crippen molar-refractivity contribution in [3.05, 3.63) is 88.9 Å². The first-order valence-corrected chi connectivity index (χ1v) is 8.35. The molecule has 3 rings (SSSR count). The first kappa shape index (κ1) is 17.6. The van der Waals surface area contributed by atoms with Crippen molar-refractivity contribution in [1.82, 2.24) is 10.3 Å². The van der Waals surface area contributed by atoms with E-state index in [0.29, 0.717) is 23.6 Å². The molecule has 0 fully saturated rings. The Bertz CT molecular complexity index is 940. The highest BCUT2D eigenvalue weighted by molar-refractivity contribution is 5.99. The van der Waals surface area contributed by atoms with Crippen LogP contribution >= 0.6 is 0 Å². The number of pyridine rings is 1. The Morgan fingerprint density at radius 1 is 1.08 bits per heavy atom. The Balaban J connectivity index is 1.75. The van der Waals surface area contributed by atoms with Gasteiger partial charge in [-0.15, -0.1) is 0 Å². The molecule has 2 N–H and O–H groups in total. The van der Waals surface area contributed by atoms with Crippen molar-refractivity contribution in [1.29, 1.82) is 0 Å². The molecule has 0 aliphatic rings. The number of hydrogen-bond donors (Lipinski definition) is 2. The number of nitrogens with one attached hydrogen (secondary N) is 2. The van der Waals surface area contributed by atoms with Crippen LogP contribution in [-0.2, 0) is 6.54 Å². The molecule has 0 spiro atoms. The Morgan fingerprint density at radius 2 is 1.92 bits per heavy atom. The summed E-state index contributed by atoms with van der Waals surface area (Å²) in [5.41, 5.74) is 4.32. The Kier molecular flexibility index (Phi) is 5.27. The molecule has 5 heteroatoms. The van der Waals surface area contributed by atoms with E-state index in [-0.39, 0.29) is 11.7 Å². The number of amides is 1. The van der Waals surface area contributed by atoms with Crippen molar-refractivity contribution in [3.63, 3.8) is 0 Å². The third-order valence-electron chi connectivity index (χ3n) is 4.08. The van der Waals surface area contributed by atoms with E-state index in [2.05, 4.69) is 21.7 Å². The SMILES string of the molecule is Cc1ccc(CNC(=O)c2cccnc2Nc2cccc(F)c2)c(C)c1. The quantitative estimate of drug-likeness (QED) is 0.712. The van der Waals surface area contributed by atoms with Gasteiger partial charge in [-0.2, -0.15) is 0 Å². The van der Waals surface area contributed by atoms with Gasteiger partial charge in [-0.05, 0) is 55.3 Å². The van der Waals surface area contributed by atoms with Crippen molar-refractivity contribution >= 4 is 17.4 Å². The number of benzene rings is 2. The number of nitrogens with zero attached hydrogens (tertiary/aromatic N) is 1. The van der Waals surface area contributed by atoms with E-state index in [1.54, 1.807) is 30.5 Å². The number of hydrogen-bond acceptors (Lipinski definition) is 3. The van der Waals surface area contributed by atoms with Crippen LogP contribution in [0.5, 0.6) is 0 Å². The highest BCUT2D eigenvalue weighted by Gasteiger charge is 2.13. The number of carbonyl (C=O) groups is 1. The second-order valence-electron chi connectivity index (χ2n) is 6.15. The second-order valence-corrected chi connectivity index (χ2v) is 6.15. The molecule has 0 saturated carbocycles. The van der Waals surface area contributed by atoms with Crippen LogP contribution in [0.1, 0.15) is 27.0 Å². The van der Waals surface area contributed by atoms with E-state index >= 15 is 0 Å². The number of carbonyl (C=O) groups excluding carboxylic acids is 1. The number of halogens is 1. The third kappa shape index (κ3) is 4.25. The number of rotatable bonds is 5. The summed E-state index contributed by atoms with van der Waals surface area (Å²) in [6, 6.07) is 15.5. The minimum absolute atomic E-state index is 0.239. The van der Waals surface area contributed by atoms with Gasteiger partial charge in [-0.1, -0.05) is 29.8 Å². The van der Waals surface area contributed by atoms with Gasteiger partial charge < -0.3 is 10.6 Å². The summed E-state index contributed by atoms with van der Waals surface area (Å²) >= 11 is 0. The molecule has 0 unspecified atom stereocenters. The predicted octanol–water partition coefficient (Wildman–Crippen LogP) is 4.51. The molecule has 26 heavy (non-hydrogen) atoms. The Morgan fingerprint density at radius 3 is 2.69 bits per heavy atom. The highest BCUT2D eigenvalue weighted by Crippen LogP contribution is 2.19. The van der Waals surface area contributed by atoms with Crippen molar-refractivity contribution < 1.29 is 9.18 Å². The molecule has 1 amide bonds. The normalized spacial score (nSPS) is 10.4. The molecule has 0 saturated heterocycles. The summed E-state index contributed by atoms with van der Waals surface area (Å²) in [6.45, 7) is 4.49. The average Bonchev–Trinajstić information content (AvgIpc) is 2.61. The standard InChI is InChI=1S/C21H20FN3O/c1-14-8-9-16(15(2)11-14)13-24-21(26)19-7-4-10-23-20(19)25-18-6-3-5-17(22)12-18/h3-12H,13H2,1-2H3,(H,23,25)(H,24,26). The molecule has 1 heterocycles. The Labute approximate surface area is 152 Å². The average molecular weight is 349 g/mol. The van der Waals surface area contributed by atoms with Gasteiger partial charge in [0.15, 0.2) is 0 Å². The van der Waals surface area contributed by atoms with E-state index in [4.69, 9.17) is 0 Å². The van der Waals surface area contributed by atoms with Crippen LogP contribution in [0.25, 0.3) is 0 Å². The lowest BCUT2D eigenvalue weighted by Gasteiger charge is -2.12. The van der Waals surface area contributed by atoms with Crippen LogP contribution in [0.15, 0.2) is 60.8 Å². The molecule has 0 atom stereocenters. The summed E-state index contributed by atoms with van der Waals surface area (Å²) in [6.07, 6.45) is 1.59. The summed E-state index contributed by atoms with van der Waals surface area (Å²) in [7, 11) is 0. The largest absolute Gasteiger partial charge is 0.348 e. The topological polar surface area (TPSA) is 54.0 Å². The van der Waals surface area contributed by atoms with Crippen molar-refractivity contribution in [2.24, 2.45) is 0 Å². The molecular formula is C21H20FN3O. The summed E-state index contributed by atoms with van der Waals surface area (Å²) in [4.78, 5) is 16.8. The highest BCUT2D eigenvalue weighted by atomic mass is 19.1. The number of aryl methyl sites for hydroxylation is 2. The van der Waals surface area contributed by atoms with E-state index in [1.807, 2.05) is 26.0 Å². The Hall–Kier alpha value is -3.21. The molecule has 132 valence electrons. The first-order chi connectivity index (χ1) is 12.5. The second kappa shape index (κ2) is 7.78. The predicted molar refractivity (Wildman–Crippen MR) is 101 cm³/mol. The van der Waals surface area contributed by atoms with Crippen LogP contribution in [0, 0.1) is 19.7 Å². The molecule has 3 aromatic rings. The number of anilines is 2. The molecule has 4 nitrogen and oxygen atoms in total. The van der Waals surface area contributed by atoms with Crippen LogP contribution in [0.3, 0.4) is 0 Å². The smallest absolute Gasteiger partial charge is 0.255 e. The van der Waals surface area contributed by atoms with Gasteiger partial charge in [0.2, 0.25) is 0 Å². The van der Waals surface area contributed by atoms with E-state index in [9.17, 15) is 9.18 Å². The molecule has 0 radical (unpaired) electrons. The lowest BCUT2D eigenvalue weighted by molar-refractivity contribution is 0.0951. The van der Waals surface area contributed by atoms with Gasteiger partial charge >= 0.3 is 0 Å². The van der Waals surface area contributed by atoms with Crippen LogP contribution in [0.4, 0.5) is 15.9 Å². The molecule has 2 aromatic carbocycles. The van der Waals surface area contributed by atoms with Gasteiger partial charge in [0.1, 0.15) is 11.6 Å². The van der Waals surface area contributed by atoms with Crippen LogP contribution < -0.4 is 10.6 Å². The molecule has 0 aliphatic heterocycles. The zero-order chi connectivity index (χ0) is 18.5. The fourth-order valence-corrected chi connectivity index (χ4v) is 2.71. The van der Waals surface area contributed by atoms with E-state index < -0.39 is 0 Å². The molecule has 0 bridgehead atoms. The molecule has 1 aromatic heterocycles. The van der Waals surface area contributed by atoms with Crippen LogP contribution in [-0.4, -0.2) is 10.9 Å². The van der Waals surface area contributed by atoms with Gasteiger partial charge in [0, 0.05) is 18.4 Å². The van der Waals surface area contributed by atoms with Crippen LogP contribution in [0.2, 0.25) is 0 Å². The lowest BCUT2D eigenvalue weighted by atomic mass is 10.1. The van der Waals surface area contributed by atoms with Gasteiger partial charge in [0.05, 0.1) is 5.56 Å². The zero-order valence-electron chi connectivity index (χ0n) is 14.7. The monoisotopic (exact) mass is 349 g/mol. The van der Waals surface area contributed by atoms with Gasteiger partial charge in [0.25, 0.3) is 5.91 Å². The van der Waals surface area contributed by atoms with Gasteiger partial charge in [-0.3, -0.25) is 4.79 Å². The molecular weight excluding hydrogens is 329 g/mol. The maximum atomic E-state index is 13.4. The fourth-order valence-electron chi connectivity index (χ4n) is 2.71. The molecule has 0 aliphatic carbocycles. The van der Waals surface area contributed by atoms with E-state index in [1.165, 1.54) is 17.7 Å². The minimum Gasteiger partial charge on any atom is -0.348 e. The first-order valence-electron chi connectivity index (χ1n) is 8.35. The lowest BCUT2D eigenvalue weighted by Crippen LogP contribution is -2.24. The zero-order valence-corrected chi connectivity index (χ0v) is 14.7. The number of aromatic nitrogens is 1. The van der Waals surface area contributed by atoms with Gasteiger partial charge in [-0.25, -0.2) is 9.37 Å². The summed E-state index contributed by atoms with van der Waals surface area (Å²) in [5.74, 6) is -0.208. The van der Waals surface area contributed by atoms with Crippen molar-refractivity contribution in [3.8, 4) is 0 Å². The maximum absolute atomic E-state index is 13.4. The summed E-state index contributed by atoms with van der Waals surface area (Å²) < 4.78 is 13.4. The van der Waals surface area contributed by atoms with E-state index in [0.717, 1.165) is 11.1 Å². The maximum Gasteiger partial charge on any atom is 0.255 e.